The fourth-order valence-electron chi connectivity index (χ4n) is 11.1. The molecule has 6 heterocycles. The summed E-state index contributed by atoms with van der Waals surface area (Å²) < 4.78 is 37.5. The molecule has 6 atom stereocenters. The summed E-state index contributed by atoms with van der Waals surface area (Å²) in [7, 11) is 1.27. The Hall–Kier alpha value is -6.46. The molecule has 4 aliphatic rings. The fraction of sp³-hybridized carbons (Fsp3) is 0.520. The highest BCUT2D eigenvalue weighted by Crippen LogP contribution is 2.49. The Morgan fingerprint density at radius 1 is 0.721 bits per heavy atom. The third-order valence-electron chi connectivity index (χ3n) is 14.4. The van der Waals surface area contributed by atoms with Crippen molar-refractivity contribution >= 4 is 57.4 Å². The summed E-state index contributed by atoms with van der Waals surface area (Å²) in [6, 6.07) is 11.9. The van der Waals surface area contributed by atoms with Crippen molar-refractivity contribution < 1.29 is 37.8 Å². The molecule has 2 aromatic heterocycles. The third kappa shape index (κ3) is 8.77. The maximum Gasteiger partial charge on any atom is 0.407 e. The van der Waals surface area contributed by atoms with Crippen molar-refractivity contribution in [2.24, 2.45) is 17.3 Å². The topological polar surface area (TPSA) is 192 Å². The first-order valence-corrected chi connectivity index (χ1v) is 23.9. The molecule has 0 bridgehead atoms. The van der Waals surface area contributed by atoms with Crippen LogP contribution in [0.1, 0.15) is 127 Å². The average molecular weight is 937 g/mol. The zero-order valence-corrected chi connectivity index (χ0v) is 39.7. The van der Waals surface area contributed by atoms with E-state index in [0.29, 0.717) is 74.7 Å². The normalized spacial score (nSPS) is 22.3. The van der Waals surface area contributed by atoms with Crippen LogP contribution in [0.15, 0.2) is 48.5 Å². The van der Waals surface area contributed by atoms with Gasteiger partial charge in [-0.2, -0.15) is 0 Å². The molecule has 0 unspecified atom stereocenters. The molecular weight excluding hydrogens is 875 g/mol. The molecule has 0 radical (unpaired) electrons. The number of imidazole rings is 2. The van der Waals surface area contributed by atoms with Gasteiger partial charge in [0.2, 0.25) is 11.8 Å². The molecular formula is C50H62F2N10O6. The van der Waals surface area contributed by atoms with Gasteiger partial charge >= 0.3 is 12.2 Å². The number of carbonyl (C=O) groups excluding carboxylic acids is 3. The van der Waals surface area contributed by atoms with Crippen LogP contribution in [-0.2, 0) is 14.3 Å². The Labute approximate surface area is 394 Å². The van der Waals surface area contributed by atoms with Gasteiger partial charge in [0.25, 0.3) is 0 Å². The smallest absolute Gasteiger partial charge is 0.407 e. The molecule has 9 rings (SSSR count). The van der Waals surface area contributed by atoms with E-state index >= 15 is 8.78 Å². The van der Waals surface area contributed by atoms with Crippen molar-refractivity contribution in [3.8, 4) is 0 Å². The van der Waals surface area contributed by atoms with Gasteiger partial charge in [0.05, 0.1) is 53.3 Å². The van der Waals surface area contributed by atoms with E-state index in [2.05, 4.69) is 39.3 Å². The second-order valence-electron chi connectivity index (χ2n) is 20.5. The lowest BCUT2D eigenvalue weighted by Crippen LogP contribution is -2.53. The number of fused-ring (bicyclic) bond motifs is 2. The minimum atomic E-state index is -1.25. The number of anilines is 2. The predicted molar refractivity (Wildman–Crippen MR) is 253 cm³/mol. The molecule has 0 aliphatic carbocycles. The van der Waals surface area contributed by atoms with Crippen molar-refractivity contribution in [2.75, 3.05) is 43.1 Å². The van der Waals surface area contributed by atoms with E-state index in [1.54, 1.807) is 14.7 Å². The van der Waals surface area contributed by atoms with Crippen LogP contribution < -0.4 is 20.4 Å². The lowest BCUT2D eigenvalue weighted by molar-refractivity contribution is -0.136. The minimum Gasteiger partial charge on any atom is -0.465 e. The highest BCUT2D eigenvalue weighted by atomic mass is 19.1. The molecule has 4 fully saturated rings. The molecule has 68 heavy (non-hydrogen) atoms. The number of alkyl carbamates (subject to hydrolysis) is 1. The molecule has 18 heteroatoms. The van der Waals surface area contributed by atoms with E-state index in [9.17, 15) is 24.3 Å². The number of H-pyrrole nitrogens is 2. The summed E-state index contributed by atoms with van der Waals surface area (Å²) in [6.45, 7) is 13.6. The monoisotopic (exact) mass is 936 g/mol. The Bertz CT molecular complexity index is 2720. The van der Waals surface area contributed by atoms with E-state index in [0.717, 1.165) is 40.5 Å². The number of hydrogen-bond donors (Lipinski definition) is 5. The SMILES string of the molecule is COC(=O)N[C@H](C(=O)N1CCC[C@H]1c1nc2ccc([C@H]3CC[C@H](c4ccc5nc([C@@H]6CCCN6C(=O)[C@@H](NC(=O)O)C(C)C)[nH]c5c4)N3c3cc(F)c(N4CC(C)(C)C4)c(F)c3)cc2[nH]1)C(C)C. The molecule has 5 N–H and O–H groups in total. The molecule has 0 spiro atoms. The Morgan fingerprint density at radius 3 is 1.62 bits per heavy atom. The number of amides is 4. The van der Waals surface area contributed by atoms with Gasteiger partial charge in [-0.25, -0.2) is 28.3 Å². The number of likely N-dealkylation sites (tertiary alicyclic amines) is 2. The van der Waals surface area contributed by atoms with Crippen LogP contribution in [0.25, 0.3) is 22.1 Å². The maximum atomic E-state index is 16.3. The first kappa shape index (κ1) is 46.6. The van der Waals surface area contributed by atoms with E-state index in [1.165, 1.54) is 19.2 Å². The number of hydrogen-bond acceptors (Lipinski definition) is 9. The largest absolute Gasteiger partial charge is 0.465 e. The summed E-state index contributed by atoms with van der Waals surface area (Å²) in [6.07, 6.45) is 2.31. The van der Waals surface area contributed by atoms with Crippen LogP contribution in [0.2, 0.25) is 0 Å². The minimum absolute atomic E-state index is 0.0173. The molecule has 3 aromatic carbocycles. The molecule has 16 nitrogen and oxygen atoms in total. The van der Waals surface area contributed by atoms with Crippen LogP contribution >= 0.6 is 0 Å². The van der Waals surface area contributed by atoms with Gasteiger partial charge in [0.15, 0.2) is 11.6 Å². The van der Waals surface area contributed by atoms with E-state index < -0.39 is 35.9 Å². The number of aromatic nitrogens is 4. The number of carboxylic acid groups (broad SMARTS) is 1. The first-order valence-electron chi connectivity index (χ1n) is 23.9. The van der Waals surface area contributed by atoms with E-state index in [4.69, 9.17) is 14.7 Å². The maximum absolute atomic E-state index is 16.3. The molecule has 4 aliphatic heterocycles. The number of methoxy groups -OCH3 is 1. The summed E-state index contributed by atoms with van der Waals surface area (Å²) in [4.78, 5) is 75.6. The molecule has 4 amide bonds. The molecule has 362 valence electrons. The molecule has 0 saturated carbocycles. The number of carbonyl (C=O) groups is 4. The zero-order valence-electron chi connectivity index (χ0n) is 39.7. The lowest BCUT2D eigenvalue weighted by atomic mass is 9.84. The Kier molecular flexibility index (Phi) is 12.5. The second-order valence-corrected chi connectivity index (χ2v) is 20.5. The van der Waals surface area contributed by atoms with E-state index in [-0.39, 0.29) is 58.9 Å². The van der Waals surface area contributed by atoms with Gasteiger partial charge < -0.3 is 50.0 Å². The zero-order chi connectivity index (χ0) is 48.3. The number of aromatic amines is 2. The van der Waals surface area contributed by atoms with Crippen molar-refractivity contribution in [2.45, 2.75) is 116 Å². The Morgan fingerprint density at radius 2 is 1.19 bits per heavy atom. The highest BCUT2D eigenvalue weighted by molar-refractivity contribution is 5.87. The molecule has 5 aromatic rings. The van der Waals surface area contributed by atoms with Gasteiger partial charge in [-0.3, -0.25) is 9.59 Å². The number of nitrogens with one attached hydrogen (secondary N) is 4. The summed E-state index contributed by atoms with van der Waals surface area (Å²) >= 11 is 0. The first-order chi connectivity index (χ1) is 32.4. The van der Waals surface area contributed by atoms with Crippen molar-refractivity contribution in [1.82, 2.24) is 40.4 Å². The average Bonchev–Trinajstić information content (AvgIpc) is 4.14. The number of nitrogens with zero attached hydrogens (tertiary/aromatic N) is 6. The number of halogens is 2. The van der Waals surface area contributed by atoms with Crippen LogP contribution in [0.3, 0.4) is 0 Å². The van der Waals surface area contributed by atoms with Gasteiger partial charge in [0, 0.05) is 31.9 Å². The number of ether oxygens (including phenoxy) is 1. The van der Waals surface area contributed by atoms with Crippen LogP contribution in [0.5, 0.6) is 0 Å². The fourth-order valence-corrected chi connectivity index (χ4v) is 11.1. The Balaban J connectivity index is 1.04. The van der Waals surface area contributed by atoms with E-state index in [1.807, 2.05) is 64.1 Å². The van der Waals surface area contributed by atoms with Crippen molar-refractivity contribution in [3.63, 3.8) is 0 Å². The standard InChI is InChI=1S/C50H62F2N10O6/c1-26(2)41(57-48(65)66)46(63)60-18-8-10-39(60)44-53-33-14-12-28(20-35(33)55-44)37-16-17-38(62(37)30-22-31(51)43(32(52)23-30)59-24-50(5,6)25-59)29-13-15-34-36(21-29)56-45(54-34)40-11-9-19-61(40)47(64)42(27(3)4)58-49(67)68-7/h12-15,20-23,26-27,37-42,57H,8-11,16-19,24-25H2,1-7H3,(H,53,55)(H,54,56)(H,58,67)(H,65,66)/t37-,38-,39+,40+,41+,42+/m1/s1. The predicted octanol–water partition coefficient (Wildman–Crippen LogP) is 8.65. The van der Waals surface area contributed by atoms with Crippen LogP contribution in [0.4, 0.5) is 29.7 Å². The summed E-state index contributed by atoms with van der Waals surface area (Å²) in [5.41, 5.74) is 5.16. The summed E-state index contributed by atoms with van der Waals surface area (Å²) in [5, 5.41) is 14.6. The quantitative estimate of drug-likeness (QED) is 0.0809. The third-order valence-corrected chi connectivity index (χ3v) is 14.4. The molecule has 4 saturated heterocycles. The van der Waals surface area contributed by atoms with Crippen molar-refractivity contribution in [1.29, 1.82) is 0 Å². The van der Waals surface area contributed by atoms with Gasteiger partial charge in [-0.15, -0.1) is 0 Å². The summed E-state index contributed by atoms with van der Waals surface area (Å²) in [5.74, 6) is -0.881. The van der Waals surface area contributed by atoms with Crippen LogP contribution in [-0.4, -0.2) is 104 Å². The number of rotatable bonds is 12. The van der Waals surface area contributed by atoms with Crippen LogP contribution in [0, 0.1) is 28.9 Å². The van der Waals surface area contributed by atoms with Gasteiger partial charge in [0.1, 0.15) is 29.4 Å². The van der Waals surface area contributed by atoms with Gasteiger partial charge in [-0.1, -0.05) is 53.7 Å². The number of benzene rings is 3. The second kappa shape index (κ2) is 18.2. The van der Waals surface area contributed by atoms with Gasteiger partial charge in [-0.05, 0) is 103 Å². The van der Waals surface area contributed by atoms with Crippen molar-refractivity contribution in [3.05, 3.63) is 82.9 Å². The lowest BCUT2D eigenvalue weighted by Gasteiger charge is -2.47. The highest BCUT2D eigenvalue weighted by Gasteiger charge is 2.42.